The summed E-state index contributed by atoms with van der Waals surface area (Å²) < 4.78 is 5.47. The Morgan fingerprint density at radius 2 is 1.96 bits per heavy atom. The van der Waals surface area contributed by atoms with Gasteiger partial charge in [-0.3, -0.25) is 4.79 Å². The van der Waals surface area contributed by atoms with E-state index < -0.39 is 5.41 Å². The van der Waals surface area contributed by atoms with E-state index in [-0.39, 0.29) is 5.91 Å². The number of carbonyl (C=O) groups is 1. The molecule has 0 aliphatic heterocycles. The van der Waals surface area contributed by atoms with Crippen molar-refractivity contribution >= 4 is 23.2 Å². The van der Waals surface area contributed by atoms with E-state index in [9.17, 15) is 4.79 Å². The molecule has 0 radical (unpaired) electrons. The number of para-hydroxylation sites is 1. The molecule has 1 N–H and O–H groups in total. The molecule has 1 aliphatic rings. The van der Waals surface area contributed by atoms with Gasteiger partial charge in [-0.15, -0.1) is 0 Å². The lowest BCUT2D eigenvalue weighted by Crippen LogP contribution is -2.46. The van der Waals surface area contributed by atoms with Gasteiger partial charge in [0.2, 0.25) is 5.91 Å². The van der Waals surface area contributed by atoms with Crippen molar-refractivity contribution in [1.82, 2.24) is 0 Å². The number of anilines is 1. The lowest BCUT2D eigenvalue weighted by Gasteiger charge is -2.41. The van der Waals surface area contributed by atoms with Gasteiger partial charge in [0.15, 0.2) is 0 Å². The minimum Gasteiger partial charge on any atom is -0.496 e. The highest BCUT2D eigenvalue weighted by molar-refractivity contribution is 6.30. The molecule has 0 bridgehead atoms. The standard InChI is InChI=1S/C19H20ClNO2/c1-13-12-14(20)8-9-16(13)21-18(22)19(10-5-11-19)15-6-3-4-7-17(15)23-2/h3-4,6-9,12H,5,10-11H2,1-2H3,(H,21,22). The second-order valence-electron chi connectivity index (χ2n) is 6.05. The van der Waals surface area contributed by atoms with Gasteiger partial charge in [-0.2, -0.15) is 0 Å². The fraction of sp³-hybridized carbons (Fsp3) is 0.316. The normalized spacial score (nSPS) is 15.6. The highest BCUT2D eigenvalue weighted by atomic mass is 35.5. The molecular formula is C19H20ClNO2. The lowest BCUT2D eigenvalue weighted by molar-refractivity contribution is -0.124. The Bertz CT molecular complexity index is 738. The van der Waals surface area contributed by atoms with Crippen molar-refractivity contribution < 1.29 is 9.53 Å². The monoisotopic (exact) mass is 329 g/mol. The average Bonchev–Trinajstić information content (AvgIpc) is 2.49. The summed E-state index contributed by atoms with van der Waals surface area (Å²) in [5, 5.41) is 3.75. The number of nitrogens with one attached hydrogen (secondary N) is 1. The van der Waals surface area contributed by atoms with Crippen molar-refractivity contribution in [2.45, 2.75) is 31.6 Å². The summed E-state index contributed by atoms with van der Waals surface area (Å²) in [7, 11) is 1.65. The van der Waals surface area contributed by atoms with Crippen LogP contribution < -0.4 is 10.1 Å². The molecular weight excluding hydrogens is 310 g/mol. The van der Waals surface area contributed by atoms with E-state index in [4.69, 9.17) is 16.3 Å². The van der Waals surface area contributed by atoms with Gasteiger partial charge in [0.05, 0.1) is 12.5 Å². The van der Waals surface area contributed by atoms with Crippen LogP contribution >= 0.6 is 11.6 Å². The van der Waals surface area contributed by atoms with Gasteiger partial charge in [-0.05, 0) is 49.6 Å². The molecule has 1 saturated carbocycles. The molecule has 23 heavy (non-hydrogen) atoms. The van der Waals surface area contributed by atoms with Crippen LogP contribution in [0.1, 0.15) is 30.4 Å². The van der Waals surface area contributed by atoms with Crippen LogP contribution in [0.5, 0.6) is 5.75 Å². The summed E-state index contributed by atoms with van der Waals surface area (Å²) in [5.41, 5.74) is 2.23. The third kappa shape index (κ3) is 2.81. The Hall–Kier alpha value is -2.00. The van der Waals surface area contributed by atoms with Gasteiger partial charge >= 0.3 is 0 Å². The highest BCUT2D eigenvalue weighted by Crippen LogP contribution is 2.47. The fourth-order valence-electron chi connectivity index (χ4n) is 3.20. The molecule has 1 amide bonds. The molecule has 0 saturated heterocycles. The predicted octanol–water partition coefficient (Wildman–Crippen LogP) is 4.72. The van der Waals surface area contributed by atoms with E-state index in [1.165, 1.54) is 0 Å². The number of hydrogen-bond acceptors (Lipinski definition) is 2. The summed E-state index contributed by atoms with van der Waals surface area (Å²) in [6.45, 7) is 1.94. The number of methoxy groups -OCH3 is 1. The zero-order valence-electron chi connectivity index (χ0n) is 13.4. The number of benzene rings is 2. The molecule has 2 aromatic rings. The van der Waals surface area contributed by atoms with Crippen molar-refractivity contribution in [2.24, 2.45) is 0 Å². The van der Waals surface area contributed by atoms with E-state index in [2.05, 4.69) is 5.32 Å². The molecule has 4 heteroatoms. The zero-order valence-corrected chi connectivity index (χ0v) is 14.1. The number of ether oxygens (including phenoxy) is 1. The minimum atomic E-state index is -0.501. The maximum atomic E-state index is 13.0. The van der Waals surface area contributed by atoms with Crippen LogP contribution in [0, 0.1) is 6.92 Å². The highest BCUT2D eigenvalue weighted by Gasteiger charge is 2.47. The van der Waals surface area contributed by atoms with Gasteiger partial charge in [0, 0.05) is 16.3 Å². The molecule has 1 fully saturated rings. The second kappa shape index (κ2) is 6.25. The van der Waals surface area contributed by atoms with Crippen LogP contribution in [0.4, 0.5) is 5.69 Å². The average molecular weight is 330 g/mol. The quantitative estimate of drug-likeness (QED) is 0.881. The third-order valence-electron chi connectivity index (χ3n) is 4.70. The van der Waals surface area contributed by atoms with Gasteiger partial charge in [0.25, 0.3) is 0 Å². The first-order chi connectivity index (χ1) is 11.1. The van der Waals surface area contributed by atoms with Crippen LogP contribution in [0.15, 0.2) is 42.5 Å². The van der Waals surface area contributed by atoms with E-state index in [1.54, 1.807) is 13.2 Å². The first-order valence-corrected chi connectivity index (χ1v) is 8.16. The predicted molar refractivity (Wildman–Crippen MR) is 93.3 cm³/mol. The van der Waals surface area contributed by atoms with Crippen LogP contribution in [-0.4, -0.2) is 13.0 Å². The van der Waals surface area contributed by atoms with Crippen molar-refractivity contribution in [1.29, 1.82) is 0 Å². The Kier molecular flexibility index (Phi) is 4.31. The Morgan fingerprint density at radius 1 is 1.22 bits per heavy atom. The third-order valence-corrected chi connectivity index (χ3v) is 4.94. The van der Waals surface area contributed by atoms with E-state index in [0.717, 1.165) is 41.8 Å². The molecule has 3 rings (SSSR count). The molecule has 2 aromatic carbocycles. The van der Waals surface area contributed by atoms with E-state index in [0.29, 0.717) is 5.02 Å². The molecule has 3 nitrogen and oxygen atoms in total. The van der Waals surface area contributed by atoms with E-state index >= 15 is 0 Å². The van der Waals surface area contributed by atoms with Gasteiger partial charge in [-0.1, -0.05) is 36.2 Å². The number of rotatable bonds is 4. The van der Waals surface area contributed by atoms with E-state index in [1.807, 2.05) is 43.3 Å². The summed E-state index contributed by atoms with van der Waals surface area (Å²) in [5.74, 6) is 0.800. The lowest BCUT2D eigenvalue weighted by atomic mass is 9.63. The summed E-state index contributed by atoms with van der Waals surface area (Å²) in [6, 6.07) is 13.3. The Morgan fingerprint density at radius 3 is 2.57 bits per heavy atom. The molecule has 0 heterocycles. The van der Waals surface area contributed by atoms with Crippen molar-refractivity contribution in [2.75, 3.05) is 12.4 Å². The topological polar surface area (TPSA) is 38.3 Å². The summed E-state index contributed by atoms with van der Waals surface area (Å²) in [4.78, 5) is 13.0. The van der Waals surface area contributed by atoms with Crippen molar-refractivity contribution in [3.05, 3.63) is 58.6 Å². The van der Waals surface area contributed by atoms with Crippen molar-refractivity contribution in [3.63, 3.8) is 0 Å². The first kappa shape index (κ1) is 15.9. The molecule has 120 valence electrons. The van der Waals surface area contributed by atoms with Gasteiger partial charge in [0.1, 0.15) is 5.75 Å². The second-order valence-corrected chi connectivity index (χ2v) is 6.49. The van der Waals surface area contributed by atoms with Crippen molar-refractivity contribution in [3.8, 4) is 5.75 Å². The number of carbonyl (C=O) groups excluding carboxylic acids is 1. The Balaban J connectivity index is 1.92. The fourth-order valence-corrected chi connectivity index (χ4v) is 3.42. The Labute approximate surface area is 141 Å². The molecule has 0 spiro atoms. The van der Waals surface area contributed by atoms with Crippen LogP contribution in [0.2, 0.25) is 5.02 Å². The molecule has 0 unspecified atom stereocenters. The molecule has 1 aliphatic carbocycles. The zero-order chi connectivity index (χ0) is 16.4. The summed E-state index contributed by atoms with van der Waals surface area (Å²) >= 11 is 5.99. The largest absolute Gasteiger partial charge is 0.496 e. The smallest absolute Gasteiger partial charge is 0.235 e. The number of halogens is 1. The SMILES string of the molecule is COc1ccccc1C1(C(=O)Nc2ccc(Cl)cc2C)CCC1. The maximum Gasteiger partial charge on any atom is 0.235 e. The summed E-state index contributed by atoms with van der Waals surface area (Å²) in [6.07, 6.45) is 2.72. The molecule has 0 atom stereocenters. The minimum absolute atomic E-state index is 0.0265. The van der Waals surface area contributed by atoms with Crippen LogP contribution in [-0.2, 0) is 10.2 Å². The number of aryl methyl sites for hydroxylation is 1. The van der Waals surface area contributed by atoms with Gasteiger partial charge < -0.3 is 10.1 Å². The maximum absolute atomic E-state index is 13.0. The molecule has 0 aromatic heterocycles. The van der Waals surface area contributed by atoms with Gasteiger partial charge in [-0.25, -0.2) is 0 Å². The number of hydrogen-bond donors (Lipinski definition) is 1. The van der Waals surface area contributed by atoms with Crippen LogP contribution in [0.25, 0.3) is 0 Å². The number of amides is 1. The first-order valence-electron chi connectivity index (χ1n) is 7.78. The van der Waals surface area contributed by atoms with Crippen LogP contribution in [0.3, 0.4) is 0 Å².